The lowest BCUT2D eigenvalue weighted by atomic mass is 9.86. The molecular weight excluding hydrogens is 454 g/mol. The molecule has 8 nitrogen and oxygen atoms in total. The number of amides is 2. The quantitative estimate of drug-likeness (QED) is 0.427. The number of nitrogens with zero attached hydrogens (tertiary/aromatic N) is 1. The van der Waals surface area contributed by atoms with E-state index in [0.29, 0.717) is 12.3 Å². The number of benzene rings is 1. The third kappa shape index (κ3) is 8.67. The van der Waals surface area contributed by atoms with Crippen molar-refractivity contribution < 1.29 is 23.1 Å². The van der Waals surface area contributed by atoms with Crippen LogP contribution in [-0.4, -0.2) is 60.9 Å². The maximum absolute atomic E-state index is 13.3. The van der Waals surface area contributed by atoms with Crippen LogP contribution in [0.1, 0.15) is 68.1 Å². The molecule has 192 valence electrons. The molecule has 0 radical (unpaired) electrons. The van der Waals surface area contributed by atoms with Crippen molar-refractivity contribution in [1.29, 1.82) is 0 Å². The van der Waals surface area contributed by atoms with Crippen LogP contribution < -0.4 is 11.5 Å². The van der Waals surface area contributed by atoms with Crippen molar-refractivity contribution in [3.8, 4) is 5.75 Å². The van der Waals surface area contributed by atoms with Crippen molar-refractivity contribution in [1.82, 2.24) is 4.90 Å². The van der Waals surface area contributed by atoms with Gasteiger partial charge in [0, 0.05) is 12.8 Å². The zero-order chi connectivity index (χ0) is 25.5. The minimum Gasteiger partial charge on any atom is -0.508 e. The van der Waals surface area contributed by atoms with Gasteiger partial charge in [0.05, 0.1) is 17.8 Å². The molecule has 0 bridgehead atoms. The smallest absolute Gasteiger partial charge is 0.246 e. The minimum absolute atomic E-state index is 0.0461. The number of carbonyl (C=O) groups is 2. The van der Waals surface area contributed by atoms with Crippen molar-refractivity contribution in [3.63, 3.8) is 0 Å². The summed E-state index contributed by atoms with van der Waals surface area (Å²) in [6.07, 6.45) is 8.93. The van der Waals surface area contributed by atoms with E-state index >= 15 is 0 Å². The molecule has 9 heteroatoms. The number of phenolic OH excluding ortho intramolecular Hbond substituents is 1. The Bertz CT molecular complexity index is 934. The summed E-state index contributed by atoms with van der Waals surface area (Å²) < 4.78 is 23.0. The maximum Gasteiger partial charge on any atom is 0.246 e. The molecule has 0 saturated heterocycles. The second-order valence-electron chi connectivity index (χ2n) is 9.87. The van der Waals surface area contributed by atoms with E-state index in [9.17, 15) is 23.1 Å². The van der Waals surface area contributed by atoms with Crippen LogP contribution in [0, 0.1) is 19.8 Å². The van der Waals surface area contributed by atoms with E-state index in [0.717, 1.165) is 34.3 Å². The summed E-state index contributed by atoms with van der Waals surface area (Å²) in [5.74, 6) is -0.546. The first-order valence-electron chi connectivity index (χ1n) is 12.2. The Morgan fingerprint density at radius 1 is 1.06 bits per heavy atom. The van der Waals surface area contributed by atoms with E-state index in [2.05, 4.69) is 0 Å². The number of aromatic hydroxyl groups is 1. The predicted octanol–water partition coefficient (Wildman–Crippen LogP) is 2.36. The lowest BCUT2D eigenvalue weighted by molar-refractivity contribution is -0.146. The minimum atomic E-state index is -3.28. The van der Waals surface area contributed by atoms with Gasteiger partial charge in [0.2, 0.25) is 11.8 Å². The van der Waals surface area contributed by atoms with Gasteiger partial charge < -0.3 is 16.6 Å². The molecule has 1 aliphatic carbocycles. The van der Waals surface area contributed by atoms with Crippen molar-refractivity contribution in [2.45, 2.75) is 83.7 Å². The van der Waals surface area contributed by atoms with Gasteiger partial charge in [0.25, 0.3) is 0 Å². The van der Waals surface area contributed by atoms with Gasteiger partial charge in [-0.25, -0.2) is 8.42 Å². The molecule has 2 amide bonds. The van der Waals surface area contributed by atoms with Crippen LogP contribution in [0.3, 0.4) is 0 Å². The summed E-state index contributed by atoms with van der Waals surface area (Å²) in [6.45, 7) is 3.91. The summed E-state index contributed by atoms with van der Waals surface area (Å²) >= 11 is 0. The van der Waals surface area contributed by atoms with Gasteiger partial charge in [-0.3, -0.25) is 14.5 Å². The third-order valence-corrected chi connectivity index (χ3v) is 7.77. The SMILES string of the molecule is Cc1cc(O)cc(C)c1C[C@H](N)C(=O)N(CCCC1CCCCC1)C(=O)C(N)CCS(C)(=O)=O. The summed E-state index contributed by atoms with van der Waals surface area (Å²) in [6, 6.07) is 1.20. The first-order chi connectivity index (χ1) is 15.9. The summed E-state index contributed by atoms with van der Waals surface area (Å²) in [5.41, 5.74) is 14.8. The van der Waals surface area contributed by atoms with Gasteiger partial charge in [0.15, 0.2) is 0 Å². The number of hydrogen-bond acceptors (Lipinski definition) is 7. The standard InChI is InChI=1S/C25H41N3O5S/c1-17-14-20(29)15-18(2)21(17)16-23(27)25(31)28(12-7-10-19-8-5-4-6-9-19)24(30)22(26)11-13-34(3,32)33/h14-15,19,22-23,29H,4-13,16,26-27H2,1-3H3/t22?,23-/m0/s1. The Morgan fingerprint density at radius 3 is 2.18 bits per heavy atom. The number of carbonyl (C=O) groups excluding carboxylic acids is 2. The van der Waals surface area contributed by atoms with Crippen molar-refractivity contribution in [2.75, 3.05) is 18.6 Å². The number of aryl methyl sites for hydroxylation is 2. The van der Waals surface area contributed by atoms with Gasteiger partial charge >= 0.3 is 0 Å². The molecule has 5 N–H and O–H groups in total. The van der Waals surface area contributed by atoms with Gasteiger partial charge in [-0.05, 0) is 74.3 Å². The highest BCUT2D eigenvalue weighted by atomic mass is 32.2. The van der Waals surface area contributed by atoms with Crippen molar-refractivity contribution >= 4 is 21.7 Å². The summed E-state index contributed by atoms with van der Waals surface area (Å²) in [7, 11) is -3.28. The molecule has 1 aromatic carbocycles. The lowest BCUT2D eigenvalue weighted by Crippen LogP contribution is -2.53. The van der Waals surface area contributed by atoms with E-state index in [1.165, 1.54) is 32.1 Å². The average molecular weight is 496 g/mol. The number of sulfone groups is 1. The molecule has 34 heavy (non-hydrogen) atoms. The first kappa shape index (κ1) is 28.3. The van der Waals surface area contributed by atoms with E-state index in [-0.39, 0.29) is 30.9 Å². The Labute approximate surface area is 204 Å². The van der Waals surface area contributed by atoms with Crippen LogP contribution in [0.25, 0.3) is 0 Å². The highest BCUT2D eigenvalue weighted by molar-refractivity contribution is 7.90. The zero-order valence-electron chi connectivity index (χ0n) is 20.8. The molecule has 1 aliphatic rings. The summed E-state index contributed by atoms with van der Waals surface area (Å²) in [4.78, 5) is 27.6. The van der Waals surface area contributed by atoms with Crippen molar-refractivity contribution in [3.05, 3.63) is 28.8 Å². The summed E-state index contributed by atoms with van der Waals surface area (Å²) in [5, 5.41) is 9.79. The van der Waals surface area contributed by atoms with Crippen LogP contribution in [0.15, 0.2) is 12.1 Å². The molecule has 2 atom stereocenters. The van der Waals surface area contributed by atoms with Gasteiger partial charge in [0.1, 0.15) is 15.6 Å². The number of phenols is 1. The lowest BCUT2D eigenvalue weighted by Gasteiger charge is -2.28. The third-order valence-electron chi connectivity index (χ3n) is 6.79. The predicted molar refractivity (Wildman–Crippen MR) is 134 cm³/mol. The van der Waals surface area contributed by atoms with E-state index in [4.69, 9.17) is 11.5 Å². The van der Waals surface area contributed by atoms with Crippen LogP contribution in [0.4, 0.5) is 0 Å². The number of rotatable bonds is 11. The highest BCUT2D eigenvalue weighted by Gasteiger charge is 2.31. The Balaban J connectivity index is 2.13. The largest absolute Gasteiger partial charge is 0.508 e. The Hall–Kier alpha value is -1.97. The normalized spacial score (nSPS) is 16.7. The number of imide groups is 1. The zero-order valence-corrected chi connectivity index (χ0v) is 21.6. The fourth-order valence-electron chi connectivity index (χ4n) is 4.81. The van der Waals surface area contributed by atoms with Gasteiger partial charge in [-0.2, -0.15) is 0 Å². The molecule has 0 aliphatic heterocycles. The van der Waals surface area contributed by atoms with Crippen LogP contribution in [-0.2, 0) is 25.8 Å². The first-order valence-corrected chi connectivity index (χ1v) is 14.3. The Morgan fingerprint density at radius 2 is 1.62 bits per heavy atom. The molecule has 0 heterocycles. The second-order valence-corrected chi connectivity index (χ2v) is 12.1. The molecule has 0 spiro atoms. The molecule has 1 aromatic rings. The molecule has 2 rings (SSSR count). The van der Waals surface area contributed by atoms with Gasteiger partial charge in [-0.1, -0.05) is 32.1 Å². The van der Waals surface area contributed by atoms with Crippen LogP contribution >= 0.6 is 0 Å². The molecular formula is C25H41N3O5S. The van der Waals surface area contributed by atoms with E-state index in [1.54, 1.807) is 12.1 Å². The highest BCUT2D eigenvalue weighted by Crippen LogP contribution is 2.27. The van der Waals surface area contributed by atoms with Crippen molar-refractivity contribution in [2.24, 2.45) is 17.4 Å². The monoisotopic (exact) mass is 495 g/mol. The Kier molecular flexibility index (Phi) is 10.5. The van der Waals surface area contributed by atoms with Crippen LogP contribution in [0.2, 0.25) is 0 Å². The molecule has 1 fully saturated rings. The van der Waals surface area contributed by atoms with E-state index in [1.807, 2.05) is 13.8 Å². The molecule has 1 unspecified atom stereocenters. The van der Waals surface area contributed by atoms with Gasteiger partial charge in [-0.15, -0.1) is 0 Å². The van der Waals surface area contributed by atoms with E-state index < -0.39 is 33.7 Å². The fraction of sp³-hybridized carbons (Fsp3) is 0.680. The number of nitrogens with two attached hydrogens (primary N) is 2. The molecule has 1 saturated carbocycles. The second kappa shape index (κ2) is 12.7. The topological polar surface area (TPSA) is 144 Å². The fourth-order valence-corrected chi connectivity index (χ4v) is 5.49. The maximum atomic E-state index is 13.3. The molecule has 0 aromatic heterocycles. The van der Waals surface area contributed by atoms with Crippen LogP contribution in [0.5, 0.6) is 5.75 Å². The average Bonchev–Trinajstić information content (AvgIpc) is 2.76. The number of hydrogen-bond donors (Lipinski definition) is 3.